The van der Waals surface area contributed by atoms with E-state index in [9.17, 15) is 0 Å². The van der Waals surface area contributed by atoms with Gasteiger partial charge in [0.2, 0.25) is 0 Å². The Morgan fingerprint density at radius 1 is 1.56 bits per heavy atom. The number of H-pyrrole nitrogens is 1. The molecule has 0 aliphatic rings. The molecule has 0 amide bonds. The summed E-state index contributed by atoms with van der Waals surface area (Å²) in [4.78, 5) is 0. The van der Waals surface area contributed by atoms with Crippen molar-refractivity contribution in [2.24, 2.45) is 7.05 Å². The van der Waals surface area contributed by atoms with Crippen LogP contribution < -0.4 is 5.32 Å². The minimum Gasteiger partial charge on any atom is -0.304 e. The highest BCUT2D eigenvalue weighted by Gasteiger charge is 2.10. The highest BCUT2D eigenvalue weighted by atomic mass is 15.2. The molecule has 0 saturated carbocycles. The SMILES string of the molecule is CCC(NCc1ccn[nH]1)c1cnn(C)c1. The fourth-order valence-corrected chi connectivity index (χ4v) is 1.73. The smallest absolute Gasteiger partial charge is 0.0537 e. The van der Waals surface area contributed by atoms with E-state index in [1.807, 2.05) is 30.2 Å². The summed E-state index contributed by atoms with van der Waals surface area (Å²) in [6.07, 6.45) is 6.77. The van der Waals surface area contributed by atoms with Gasteiger partial charge in [-0.2, -0.15) is 10.2 Å². The molecular weight excluding hydrogens is 202 g/mol. The van der Waals surface area contributed by atoms with Crippen molar-refractivity contribution in [1.29, 1.82) is 0 Å². The number of hydrogen-bond acceptors (Lipinski definition) is 3. The molecule has 0 saturated heterocycles. The van der Waals surface area contributed by atoms with E-state index in [2.05, 4.69) is 27.5 Å². The third-order valence-electron chi connectivity index (χ3n) is 2.63. The van der Waals surface area contributed by atoms with Crippen LogP contribution in [0.3, 0.4) is 0 Å². The molecule has 2 aromatic heterocycles. The summed E-state index contributed by atoms with van der Waals surface area (Å²) in [5.74, 6) is 0. The van der Waals surface area contributed by atoms with Gasteiger partial charge < -0.3 is 5.32 Å². The van der Waals surface area contributed by atoms with Crippen molar-refractivity contribution in [3.63, 3.8) is 0 Å². The molecule has 16 heavy (non-hydrogen) atoms. The van der Waals surface area contributed by atoms with E-state index in [0.29, 0.717) is 6.04 Å². The van der Waals surface area contributed by atoms with Gasteiger partial charge >= 0.3 is 0 Å². The first kappa shape index (κ1) is 10.9. The lowest BCUT2D eigenvalue weighted by Crippen LogP contribution is -2.20. The van der Waals surface area contributed by atoms with Crippen molar-refractivity contribution in [1.82, 2.24) is 25.3 Å². The molecule has 0 aliphatic carbocycles. The zero-order valence-electron chi connectivity index (χ0n) is 9.64. The predicted octanol–water partition coefficient (Wildman–Crippen LogP) is 1.38. The van der Waals surface area contributed by atoms with Gasteiger partial charge in [0.15, 0.2) is 0 Å². The van der Waals surface area contributed by atoms with Crippen LogP contribution in [0.4, 0.5) is 0 Å². The fourth-order valence-electron chi connectivity index (χ4n) is 1.73. The number of nitrogens with one attached hydrogen (secondary N) is 2. The maximum absolute atomic E-state index is 4.19. The minimum atomic E-state index is 0.344. The number of aromatic amines is 1. The van der Waals surface area contributed by atoms with Crippen LogP contribution in [0.1, 0.15) is 30.6 Å². The first-order valence-corrected chi connectivity index (χ1v) is 5.49. The van der Waals surface area contributed by atoms with Crippen molar-refractivity contribution in [3.05, 3.63) is 35.9 Å². The highest BCUT2D eigenvalue weighted by molar-refractivity contribution is 5.10. The molecule has 0 bridgehead atoms. The number of aromatic nitrogens is 4. The zero-order chi connectivity index (χ0) is 11.4. The minimum absolute atomic E-state index is 0.344. The van der Waals surface area contributed by atoms with Crippen LogP contribution in [0.5, 0.6) is 0 Å². The van der Waals surface area contributed by atoms with Crippen molar-refractivity contribution in [2.45, 2.75) is 25.9 Å². The number of hydrogen-bond donors (Lipinski definition) is 2. The largest absolute Gasteiger partial charge is 0.304 e. The van der Waals surface area contributed by atoms with Crippen LogP contribution >= 0.6 is 0 Å². The van der Waals surface area contributed by atoms with E-state index in [1.165, 1.54) is 5.56 Å². The monoisotopic (exact) mass is 219 g/mol. The quantitative estimate of drug-likeness (QED) is 0.798. The summed E-state index contributed by atoms with van der Waals surface area (Å²) in [6.45, 7) is 2.96. The fraction of sp³-hybridized carbons (Fsp3) is 0.455. The standard InChI is InChI=1S/C11H17N5/c1-3-11(9-6-14-16(2)8-9)12-7-10-4-5-13-15-10/h4-6,8,11-12H,3,7H2,1-2H3,(H,13,15). The van der Waals surface area contributed by atoms with E-state index in [0.717, 1.165) is 18.7 Å². The summed E-state index contributed by atoms with van der Waals surface area (Å²) in [5, 5.41) is 14.5. The first-order valence-electron chi connectivity index (χ1n) is 5.49. The molecule has 86 valence electrons. The second-order valence-corrected chi connectivity index (χ2v) is 3.87. The van der Waals surface area contributed by atoms with Gasteiger partial charge in [-0.1, -0.05) is 6.92 Å². The third-order valence-corrected chi connectivity index (χ3v) is 2.63. The molecule has 2 aromatic rings. The number of aryl methyl sites for hydroxylation is 1. The van der Waals surface area contributed by atoms with Crippen LogP contribution in [-0.2, 0) is 13.6 Å². The van der Waals surface area contributed by atoms with Gasteiger partial charge in [-0.05, 0) is 12.5 Å². The van der Waals surface area contributed by atoms with E-state index in [-0.39, 0.29) is 0 Å². The second kappa shape index (κ2) is 4.94. The van der Waals surface area contributed by atoms with Crippen LogP contribution in [-0.4, -0.2) is 20.0 Å². The van der Waals surface area contributed by atoms with Gasteiger partial charge in [-0.3, -0.25) is 9.78 Å². The predicted molar refractivity (Wildman–Crippen MR) is 61.7 cm³/mol. The average Bonchev–Trinajstić information content (AvgIpc) is 2.91. The molecule has 2 rings (SSSR count). The maximum atomic E-state index is 4.19. The lowest BCUT2D eigenvalue weighted by molar-refractivity contribution is 0.513. The van der Waals surface area contributed by atoms with Crippen molar-refractivity contribution in [3.8, 4) is 0 Å². The molecule has 2 heterocycles. The summed E-state index contributed by atoms with van der Waals surface area (Å²) < 4.78 is 1.83. The molecule has 0 spiro atoms. The molecule has 0 aliphatic heterocycles. The molecule has 0 aromatic carbocycles. The zero-order valence-corrected chi connectivity index (χ0v) is 9.64. The Morgan fingerprint density at radius 3 is 3.00 bits per heavy atom. The molecular formula is C11H17N5. The van der Waals surface area contributed by atoms with E-state index in [4.69, 9.17) is 0 Å². The normalized spacial score (nSPS) is 12.9. The Morgan fingerprint density at radius 2 is 2.44 bits per heavy atom. The van der Waals surface area contributed by atoms with E-state index in [1.54, 1.807) is 6.20 Å². The van der Waals surface area contributed by atoms with Crippen LogP contribution in [0.15, 0.2) is 24.7 Å². The number of nitrogens with zero attached hydrogens (tertiary/aromatic N) is 3. The van der Waals surface area contributed by atoms with Gasteiger partial charge in [0.1, 0.15) is 0 Å². The van der Waals surface area contributed by atoms with Gasteiger partial charge in [0.25, 0.3) is 0 Å². The Bertz CT molecular complexity index is 417. The molecule has 2 N–H and O–H groups in total. The first-order chi connectivity index (χ1) is 7.79. The van der Waals surface area contributed by atoms with Crippen LogP contribution in [0.2, 0.25) is 0 Å². The Balaban J connectivity index is 1.96. The van der Waals surface area contributed by atoms with Crippen LogP contribution in [0.25, 0.3) is 0 Å². The van der Waals surface area contributed by atoms with Crippen LogP contribution in [0, 0.1) is 0 Å². The Labute approximate surface area is 94.9 Å². The topological polar surface area (TPSA) is 58.5 Å². The lowest BCUT2D eigenvalue weighted by Gasteiger charge is -2.14. The van der Waals surface area contributed by atoms with Gasteiger partial charge in [0.05, 0.1) is 6.20 Å². The summed E-state index contributed by atoms with van der Waals surface area (Å²) in [7, 11) is 1.94. The maximum Gasteiger partial charge on any atom is 0.0537 e. The second-order valence-electron chi connectivity index (χ2n) is 3.87. The van der Waals surface area contributed by atoms with E-state index >= 15 is 0 Å². The van der Waals surface area contributed by atoms with Crippen molar-refractivity contribution in [2.75, 3.05) is 0 Å². The van der Waals surface area contributed by atoms with E-state index < -0.39 is 0 Å². The third kappa shape index (κ3) is 2.49. The molecule has 1 atom stereocenters. The molecule has 5 nitrogen and oxygen atoms in total. The van der Waals surface area contributed by atoms with Gasteiger partial charge in [0, 0.05) is 43.3 Å². The average molecular weight is 219 g/mol. The summed E-state index contributed by atoms with van der Waals surface area (Å²) in [5.41, 5.74) is 2.33. The summed E-state index contributed by atoms with van der Waals surface area (Å²) >= 11 is 0. The molecule has 0 fully saturated rings. The molecule has 0 radical (unpaired) electrons. The lowest BCUT2D eigenvalue weighted by atomic mass is 10.1. The highest BCUT2D eigenvalue weighted by Crippen LogP contribution is 2.15. The van der Waals surface area contributed by atoms with Crippen molar-refractivity contribution < 1.29 is 0 Å². The Hall–Kier alpha value is -1.62. The van der Waals surface area contributed by atoms with Gasteiger partial charge in [-0.25, -0.2) is 0 Å². The van der Waals surface area contributed by atoms with Crippen molar-refractivity contribution >= 4 is 0 Å². The summed E-state index contributed by atoms with van der Waals surface area (Å²) in [6, 6.07) is 2.32. The Kier molecular flexibility index (Phi) is 3.36. The number of rotatable bonds is 5. The molecule has 5 heteroatoms. The van der Waals surface area contributed by atoms with Gasteiger partial charge in [-0.15, -0.1) is 0 Å². The molecule has 1 unspecified atom stereocenters.